The van der Waals surface area contributed by atoms with Gasteiger partial charge in [0.15, 0.2) is 0 Å². The van der Waals surface area contributed by atoms with Gasteiger partial charge in [0.05, 0.1) is 10.7 Å². The van der Waals surface area contributed by atoms with Crippen molar-refractivity contribution in [3.05, 3.63) is 39.7 Å². The molecule has 1 fully saturated rings. The Morgan fingerprint density at radius 1 is 1.14 bits per heavy atom. The van der Waals surface area contributed by atoms with Crippen LogP contribution in [0.3, 0.4) is 0 Å². The van der Waals surface area contributed by atoms with Crippen LogP contribution in [0, 0.1) is 0 Å². The van der Waals surface area contributed by atoms with E-state index in [2.05, 4.69) is 15.6 Å². The average Bonchev–Trinajstić information content (AvgIpc) is 2.96. The summed E-state index contributed by atoms with van der Waals surface area (Å²) in [5, 5.41) is 7.50. The zero-order chi connectivity index (χ0) is 13.8. The summed E-state index contributed by atoms with van der Waals surface area (Å²) in [4.78, 5) is 7.23. The van der Waals surface area contributed by atoms with Crippen LogP contribution in [0.4, 0.5) is 0 Å². The van der Waals surface area contributed by atoms with E-state index < -0.39 is 0 Å². The molecular weight excluding hydrogens is 361 g/mol. The van der Waals surface area contributed by atoms with Crippen molar-refractivity contribution in [2.24, 2.45) is 0 Å². The molecule has 0 radical (unpaired) electrons. The van der Waals surface area contributed by atoms with E-state index in [1.54, 1.807) is 11.3 Å². The summed E-state index contributed by atoms with van der Waals surface area (Å²) in [6.45, 7) is 5.61. The molecule has 7 heteroatoms. The molecule has 0 aliphatic carbocycles. The molecule has 3 nitrogen and oxygen atoms in total. The zero-order valence-corrected chi connectivity index (χ0v) is 15.3. The highest BCUT2D eigenvalue weighted by atomic mass is 35.5. The monoisotopic (exact) mass is 379 g/mol. The molecular formula is C15H20Cl3N3S. The fraction of sp³-hybridized carbons (Fsp3) is 0.400. The Hall–Kier alpha value is -0.360. The van der Waals surface area contributed by atoms with Crippen LogP contribution < -0.4 is 5.32 Å². The van der Waals surface area contributed by atoms with Crippen molar-refractivity contribution < 1.29 is 0 Å². The number of halogens is 3. The molecule has 1 aromatic carbocycles. The van der Waals surface area contributed by atoms with Gasteiger partial charge in [0.2, 0.25) is 0 Å². The predicted octanol–water partition coefficient (Wildman–Crippen LogP) is 3.75. The SMILES string of the molecule is Cl.Cl.Clc1ccc(-c2csc(CCN3CCNCC3)n2)cc1. The molecule has 0 saturated carbocycles. The van der Waals surface area contributed by atoms with Gasteiger partial charge in [-0.05, 0) is 12.1 Å². The third-order valence-corrected chi connectivity index (χ3v) is 4.70. The molecule has 1 aliphatic rings. The van der Waals surface area contributed by atoms with E-state index in [1.807, 2.05) is 24.3 Å². The summed E-state index contributed by atoms with van der Waals surface area (Å²) in [6, 6.07) is 7.88. The highest BCUT2D eigenvalue weighted by molar-refractivity contribution is 7.09. The molecule has 122 valence electrons. The molecule has 1 aromatic heterocycles. The number of nitrogens with zero attached hydrogens (tertiary/aromatic N) is 2. The summed E-state index contributed by atoms with van der Waals surface area (Å²) in [6.07, 6.45) is 1.04. The van der Waals surface area contributed by atoms with Crippen molar-refractivity contribution in [1.82, 2.24) is 15.2 Å². The average molecular weight is 381 g/mol. The predicted molar refractivity (Wildman–Crippen MR) is 100 cm³/mol. The smallest absolute Gasteiger partial charge is 0.0945 e. The highest BCUT2D eigenvalue weighted by Crippen LogP contribution is 2.23. The van der Waals surface area contributed by atoms with Gasteiger partial charge in [-0.15, -0.1) is 36.2 Å². The van der Waals surface area contributed by atoms with Gasteiger partial charge >= 0.3 is 0 Å². The van der Waals surface area contributed by atoms with E-state index in [1.165, 1.54) is 5.01 Å². The second kappa shape index (κ2) is 9.71. The highest BCUT2D eigenvalue weighted by Gasteiger charge is 2.11. The quantitative estimate of drug-likeness (QED) is 0.875. The van der Waals surface area contributed by atoms with Gasteiger partial charge in [-0.2, -0.15) is 0 Å². The number of hydrogen-bond donors (Lipinski definition) is 1. The lowest BCUT2D eigenvalue weighted by Gasteiger charge is -2.26. The molecule has 0 spiro atoms. The molecule has 0 unspecified atom stereocenters. The maximum Gasteiger partial charge on any atom is 0.0945 e. The Balaban J connectivity index is 0.00000121. The number of nitrogens with one attached hydrogen (secondary N) is 1. The Morgan fingerprint density at radius 3 is 2.50 bits per heavy atom. The van der Waals surface area contributed by atoms with Gasteiger partial charge in [0, 0.05) is 55.1 Å². The summed E-state index contributed by atoms with van der Waals surface area (Å²) < 4.78 is 0. The van der Waals surface area contributed by atoms with Crippen molar-refractivity contribution in [3.8, 4) is 11.3 Å². The van der Waals surface area contributed by atoms with Crippen molar-refractivity contribution in [1.29, 1.82) is 0 Å². The van der Waals surface area contributed by atoms with Gasteiger partial charge in [-0.1, -0.05) is 23.7 Å². The fourth-order valence-electron chi connectivity index (χ4n) is 2.37. The first-order valence-corrected chi connectivity index (χ1v) is 8.20. The molecule has 0 amide bonds. The Morgan fingerprint density at radius 2 is 1.82 bits per heavy atom. The van der Waals surface area contributed by atoms with E-state index in [9.17, 15) is 0 Å². The van der Waals surface area contributed by atoms with Crippen LogP contribution in [0.2, 0.25) is 5.02 Å². The standard InChI is InChI=1S/C15H18ClN3S.2ClH/c16-13-3-1-12(2-4-13)14-11-20-15(18-14)5-8-19-9-6-17-7-10-19;;/h1-4,11,17H,5-10H2;2*1H. The van der Waals surface area contributed by atoms with Crippen LogP contribution in [0.15, 0.2) is 29.6 Å². The third kappa shape index (κ3) is 5.37. The largest absolute Gasteiger partial charge is 0.314 e. The molecule has 1 aliphatic heterocycles. The van der Waals surface area contributed by atoms with Gasteiger partial charge in [0.25, 0.3) is 0 Å². The van der Waals surface area contributed by atoms with Crippen molar-refractivity contribution in [2.45, 2.75) is 6.42 Å². The Labute approximate surface area is 152 Å². The molecule has 0 atom stereocenters. The summed E-state index contributed by atoms with van der Waals surface area (Å²) >= 11 is 7.66. The van der Waals surface area contributed by atoms with E-state index >= 15 is 0 Å². The topological polar surface area (TPSA) is 28.2 Å². The second-order valence-electron chi connectivity index (χ2n) is 4.98. The minimum atomic E-state index is 0. The van der Waals surface area contributed by atoms with Crippen LogP contribution in [0.5, 0.6) is 0 Å². The number of aromatic nitrogens is 1. The molecule has 3 rings (SSSR count). The number of benzene rings is 1. The number of piperazine rings is 1. The maximum atomic E-state index is 5.91. The lowest BCUT2D eigenvalue weighted by molar-refractivity contribution is 0.244. The maximum absolute atomic E-state index is 5.91. The molecule has 1 saturated heterocycles. The van der Waals surface area contributed by atoms with Gasteiger partial charge < -0.3 is 10.2 Å². The second-order valence-corrected chi connectivity index (χ2v) is 6.35. The third-order valence-electron chi connectivity index (χ3n) is 3.54. The fourth-order valence-corrected chi connectivity index (χ4v) is 3.29. The number of rotatable bonds is 4. The van der Waals surface area contributed by atoms with E-state index in [0.29, 0.717) is 0 Å². The van der Waals surface area contributed by atoms with Crippen LogP contribution in [0.1, 0.15) is 5.01 Å². The minimum Gasteiger partial charge on any atom is -0.314 e. The normalized spacial score (nSPS) is 15.0. The van der Waals surface area contributed by atoms with Crippen molar-refractivity contribution in [3.63, 3.8) is 0 Å². The van der Waals surface area contributed by atoms with E-state index in [4.69, 9.17) is 16.6 Å². The van der Waals surface area contributed by atoms with Gasteiger partial charge in [-0.3, -0.25) is 0 Å². The first-order chi connectivity index (χ1) is 9.81. The first-order valence-electron chi connectivity index (χ1n) is 6.95. The summed E-state index contributed by atoms with van der Waals surface area (Å²) in [5.74, 6) is 0. The molecule has 2 aromatic rings. The zero-order valence-electron chi connectivity index (χ0n) is 12.1. The van der Waals surface area contributed by atoms with Crippen LogP contribution in [0.25, 0.3) is 11.3 Å². The number of thiazole rings is 1. The van der Waals surface area contributed by atoms with Crippen molar-refractivity contribution in [2.75, 3.05) is 32.7 Å². The van der Waals surface area contributed by atoms with Crippen LogP contribution in [-0.2, 0) is 6.42 Å². The molecule has 0 bridgehead atoms. The first kappa shape index (κ1) is 19.7. The van der Waals surface area contributed by atoms with Crippen LogP contribution in [-0.4, -0.2) is 42.6 Å². The molecule has 2 heterocycles. The molecule has 22 heavy (non-hydrogen) atoms. The van der Waals surface area contributed by atoms with Gasteiger partial charge in [0.1, 0.15) is 0 Å². The Kier molecular flexibility index (Phi) is 8.69. The number of hydrogen-bond acceptors (Lipinski definition) is 4. The van der Waals surface area contributed by atoms with E-state index in [0.717, 1.165) is 55.4 Å². The van der Waals surface area contributed by atoms with Gasteiger partial charge in [-0.25, -0.2) is 4.98 Å². The van der Waals surface area contributed by atoms with E-state index in [-0.39, 0.29) is 24.8 Å². The Bertz CT molecular complexity index is 553. The van der Waals surface area contributed by atoms with Crippen LogP contribution >= 0.6 is 47.8 Å². The summed E-state index contributed by atoms with van der Waals surface area (Å²) in [5.41, 5.74) is 2.20. The van der Waals surface area contributed by atoms with Crippen molar-refractivity contribution >= 4 is 47.8 Å². The summed E-state index contributed by atoms with van der Waals surface area (Å²) in [7, 11) is 0. The molecule has 1 N–H and O–H groups in total. The minimum absolute atomic E-state index is 0. The lowest BCUT2D eigenvalue weighted by atomic mass is 10.2. The lowest BCUT2D eigenvalue weighted by Crippen LogP contribution is -2.44.